The van der Waals surface area contributed by atoms with Crippen molar-refractivity contribution in [3.05, 3.63) is 28.9 Å². The van der Waals surface area contributed by atoms with E-state index in [2.05, 4.69) is 55.7 Å². The molecule has 1 aliphatic rings. The molecule has 0 bridgehead atoms. The Hall–Kier alpha value is -0.870. The maximum absolute atomic E-state index is 4.52. The maximum atomic E-state index is 4.52. The minimum absolute atomic E-state index is 0.896. The molecular weight excluding hydrogens is 290 g/mol. The lowest BCUT2D eigenvalue weighted by Gasteiger charge is -2.20. The average molecular weight is 308 g/mol. The molecule has 1 aromatic heterocycles. The van der Waals surface area contributed by atoms with Gasteiger partial charge in [0.05, 0.1) is 18.4 Å². The summed E-state index contributed by atoms with van der Waals surface area (Å²) in [5.41, 5.74) is 1.21. The Balaban J connectivity index is 1.82. The number of hydrogen-bond acceptors (Lipinski definition) is 2. The van der Waals surface area contributed by atoms with Crippen LogP contribution < -0.4 is 0 Å². The van der Waals surface area contributed by atoms with E-state index in [4.69, 9.17) is 0 Å². The number of hydrogen-bond donors (Lipinski definition) is 0. The maximum Gasteiger partial charge on any atom is 0.0936 e. The Morgan fingerprint density at radius 2 is 2.28 bits per heavy atom. The van der Waals surface area contributed by atoms with Crippen LogP contribution in [-0.2, 0) is 6.67 Å². The standard InChI is InChI=1S/C14H18BrN3/c1-2-17(9-11-6-7-11)10-18-14-5-3-4-13(15)12(14)8-16-18/h3-5,8,11H,2,6-7,9-10H2,1H3. The van der Waals surface area contributed by atoms with Gasteiger partial charge in [-0.1, -0.05) is 28.9 Å². The van der Waals surface area contributed by atoms with Gasteiger partial charge in [0.15, 0.2) is 0 Å². The van der Waals surface area contributed by atoms with Crippen LogP contribution in [0.2, 0.25) is 0 Å². The van der Waals surface area contributed by atoms with E-state index in [0.717, 1.165) is 23.6 Å². The van der Waals surface area contributed by atoms with Crippen molar-refractivity contribution in [1.29, 1.82) is 0 Å². The van der Waals surface area contributed by atoms with E-state index in [1.54, 1.807) is 0 Å². The van der Waals surface area contributed by atoms with Crippen molar-refractivity contribution in [2.45, 2.75) is 26.4 Å². The van der Waals surface area contributed by atoms with Crippen molar-refractivity contribution < 1.29 is 0 Å². The molecule has 1 aromatic carbocycles. The molecule has 0 unspecified atom stereocenters. The first-order chi connectivity index (χ1) is 8.78. The molecule has 1 heterocycles. The van der Waals surface area contributed by atoms with Crippen molar-refractivity contribution in [2.24, 2.45) is 5.92 Å². The molecule has 3 rings (SSSR count). The molecule has 0 amide bonds. The molecule has 0 spiro atoms. The number of benzene rings is 1. The van der Waals surface area contributed by atoms with Crippen molar-refractivity contribution in [1.82, 2.24) is 14.7 Å². The highest BCUT2D eigenvalue weighted by Crippen LogP contribution is 2.30. The van der Waals surface area contributed by atoms with Gasteiger partial charge in [-0.25, -0.2) is 0 Å². The number of rotatable bonds is 5. The highest BCUT2D eigenvalue weighted by atomic mass is 79.9. The van der Waals surface area contributed by atoms with Gasteiger partial charge in [-0.15, -0.1) is 0 Å². The zero-order valence-electron chi connectivity index (χ0n) is 10.6. The topological polar surface area (TPSA) is 21.1 Å². The van der Waals surface area contributed by atoms with Gasteiger partial charge >= 0.3 is 0 Å². The van der Waals surface area contributed by atoms with Crippen molar-refractivity contribution in [2.75, 3.05) is 13.1 Å². The van der Waals surface area contributed by atoms with E-state index < -0.39 is 0 Å². The molecule has 18 heavy (non-hydrogen) atoms. The van der Waals surface area contributed by atoms with E-state index in [1.807, 2.05) is 6.20 Å². The van der Waals surface area contributed by atoms with Crippen LogP contribution in [0.25, 0.3) is 10.9 Å². The monoisotopic (exact) mass is 307 g/mol. The summed E-state index contributed by atoms with van der Waals surface area (Å²) in [6, 6.07) is 6.27. The second kappa shape index (κ2) is 5.02. The van der Waals surface area contributed by atoms with Gasteiger partial charge in [0.2, 0.25) is 0 Å². The van der Waals surface area contributed by atoms with Crippen LogP contribution in [0.4, 0.5) is 0 Å². The Labute approximate surface area is 116 Å². The van der Waals surface area contributed by atoms with Crippen molar-refractivity contribution >= 4 is 26.8 Å². The number of halogens is 1. The molecule has 1 saturated carbocycles. The zero-order valence-corrected chi connectivity index (χ0v) is 12.2. The zero-order chi connectivity index (χ0) is 12.5. The first-order valence-corrected chi connectivity index (χ1v) is 7.39. The van der Waals surface area contributed by atoms with E-state index >= 15 is 0 Å². The molecule has 1 fully saturated rings. The molecule has 2 aromatic rings. The van der Waals surface area contributed by atoms with Gasteiger partial charge in [0.1, 0.15) is 0 Å². The van der Waals surface area contributed by atoms with Gasteiger partial charge in [0.25, 0.3) is 0 Å². The minimum atomic E-state index is 0.896. The summed E-state index contributed by atoms with van der Waals surface area (Å²) in [6.45, 7) is 5.43. The summed E-state index contributed by atoms with van der Waals surface area (Å²) in [5, 5.41) is 5.71. The Bertz CT molecular complexity index is 545. The SMILES string of the molecule is CCN(CC1CC1)Cn1ncc2c(Br)cccc21. The van der Waals surface area contributed by atoms with Crippen molar-refractivity contribution in [3.63, 3.8) is 0 Å². The van der Waals surface area contributed by atoms with Crippen LogP contribution in [-0.4, -0.2) is 27.8 Å². The van der Waals surface area contributed by atoms with Gasteiger partial charge in [-0.05, 0) is 37.4 Å². The number of nitrogens with zero attached hydrogens (tertiary/aromatic N) is 3. The van der Waals surface area contributed by atoms with E-state index in [0.29, 0.717) is 0 Å². The summed E-state index contributed by atoms with van der Waals surface area (Å²) in [4.78, 5) is 2.48. The first kappa shape index (κ1) is 12.2. The lowest BCUT2D eigenvalue weighted by molar-refractivity contribution is 0.213. The summed E-state index contributed by atoms with van der Waals surface area (Å²) in [5.74, 6) is 0.929. The summed E-state index contributed by atoms with van der Waals surface area (Å²) in [6.07, 6.45) is 4.76. The fraction of sp³-hybridized carbons (Fsp3) is 0.500. The molecule has 0 N–H and O–H groups in total. The van der Waals surface area contributed by atoms with Crippen LogP contribution in [0.5, 0.6) is 0 Å². The molecule has 4 heteroatoms. The fourth-order valence-corrected chi connectivity index (χ4v) is 2.78. The Morgan fingerprint density at radius 1 is 1.44 bits per heavy atom. The number of fused-ring (bicyclic) bond motifs is 1. The van der Waals surface area contributed by atoms with Crippen LogP contribution in [0.15, 0.2) is 28.9 Å². The number of aromatic nitrogens is 2. The van der Waals surface area contributed by atoms with E-state index in [9.17, 15) is 0 Å². The van der Waals surface area contributed by atoms with E-state index in [-0.39, 0.29) is 0 Å². The van der Waals surface area contributed by atoms with Crippen LogP contribution in [0.3, 0.4) is 0 Å². The molecule has 0 atom stereocenters. The Morgan fingerprint density at radius 3 is 3.00 bits per heavy atom. The molecule has 0 radical (unpaired) electrons. The van der Waals surface area contributed by atoms with Crippen LogP contribution in [0.1, 0.15) is 19.8 Å². The van der Waals surface area contributed by atoms with E-state index in [1.165, 1.54) is 30.3 Å². The second-order valence-electron chi connectivity index (χ2n) is 5.07. The fourth-order valence-electron chi connectivity index (χ4n) is 2.32. The van der Waals surface area contributed by atoms with Gasteiger partial charge in [-0.2, -0.15) is 5.10 Å². The summed E-state index contributed by atoms with van der Waals surface area (Å²) in [7, 11) is 0. The third-order valence-electron chi connectivity index (χ3n) is 3.63. The lowest BCUT2D eigenvalue weighted by Crippen LogP contribution is -2.28. The van der Waals surface area contributed by atoms with Gasteiger partial charge in [0, 0.05) is 16.4 Å². The molecule has 96 valence electrons. The molecule has 3 nitrogen and oxygen atoms in total. The minimum Gasteiger partial charge on any atom is -0.284 e. The van der Waals surface area contributed by atoms with Crippen LogP contribution in [0, 0.1) is 5.92 Å². The smallest absolute Gasteiger partial charge is 0.0936 e. The largest absolute Gasteiger partial charge is 0.284 e. The second-order valence-corrected chi connectivity index (χ2v) is 5.93. The molecule has 0 aliphatic heterocycles. The third kappa shape index (κ3) is 2.45. The predicted octanol–water partition coefficient (Wildman–Crippen LogP) is 3.49. The lowest BCUT2D eigenvalue weighted by atomic mass is 10.2. The first-order valence-electron chi connectivity index (χ1n) is 6.60. The highest BCUT2D eigenvalue weighted by Gasteiger charge is 2.23. The third-order valence-corrected chi connectivity index (χ3v) is 4.32. The normalized spacial score (nSPS) is 15.7. The average Bonchev–Trinajstić information content (AvgIpc) is 3.09. The highest BCUT2D eigenvalue weighted by molar-refractivity contribution is 9.10. The predicted molar refractivity (Wildman–Crippen MR) is 77.4 cm³/mol. The van der Waals surface area contributed by atoms with Gasteiger partial charge in [-0.3, -0.25) is 9.58 Å². The summed E-state index contributed by atoms with van der Waals surface area (Å²) < 4.78 is 3.22. The molecule has 0 saturated heterocycles. The Kier molecular flexibility index (Phi) is 3.39. The van der Waals surface area contributed by atoms with Crippen molar-refractivity contribution in [3.8, 4) is 0 Å². The summed E-state index contributed by atoms with van der Waals surface area (Å²) >= 11 is 3.58. The van der Waals surface area contributed by atoms with Gasteiger partial charge < -0.3 is 0 Å². The molecule has 1 aliphatic carbocycles. The molecular formula is C14H18BrN3. The van der Waals surface area contributed by atoms with Crippen LogP contribution >= 0.6 is 15.9 Å². The quantitative estimate of drug-likeness (QED) is 0.843.